The molecule has 6 saturated carbocycles. The van der Waals surface area contributed by atoms with E-state index in [-0.39, 0.29) is 35.8 Å². The van der Waals surface area contributed by atoms with Crippen molar-refractivity contribution in [3.05, 3.63) is 35.9 Å². The highest BCUT2D eigenvalue weighted by Crippen LogP contribution is 2.84. The molecule has 8 rings (SSSR count). The molecule has 0 amide bonds. The van der Waals surface area contributed by atoms with Gasteiger partial charge in [0.2, 0.25) is 0 Å². The molecule has 7 bridgehead atoms. The van der Waals surface area contributed by atoms with E-state index < -0.39 is 52.6 Å². The molecular formula is C31H41NO7. The molecule has 39 heavy (non-hydrogen) atoms. The Hall–Kier alpha value is -2.00. The molecule has 1 aromatic carbocycles. The number of fused-ring (bicyclic) bond motifs is 2. The molecule has 0 radical (unpaired) electrons. The number of aliphatic hydroxyl groups excluding tert-OH is 2. The zero-order valence-corrected chi connectivity index (χ0v) is 23.1. The average Bonchev–Trinajstić information content (AvgIpc) is 3.36. The number of nitrogens with zero attached hydrogens (tertiary/aromatic N) is 1. The van der Waals surface area contributed by atoms with Crippen LogP contribution in [0.25, 0.3) is 0 Å². The Balaban J connectivity index is 1.34. The minimum Gasteiger partial charge on any atom is -0.459 e. The van der Waals surface area contributed by atoms with Gasteiger partial charge in [0.05, 0.1) is 17.8 Å². The van der Waals surface area contributed by atoms with Crippen molar-refractivity contribution in [2.24, 2.45) is 39.9 Å². The van der Waals surface area contributed by atoms with E-state index in [4.69, 9.17) is 9.47 Å². The topological polar surface area (TPSA) is 117 Å². The average molecular weight is 540 g/mol. The number of hydrogen-bond donors (Lipinski definition) is 3. The van der Waals surface area contributed by atoms with Gasteiger partial charge < -0.3 is 24.8 Å². The lowest BCUT2D eigenvalue weighted by atomic mass is 9.37. The summed E-state index contributed by atoms with van der Waals surface area (Å²) >= 11 is 0. The number of piperidine rings is 1. The Morgan fingerprint density at radius 2 is 1.85 bits per heavy atom. The van der Waals surface area contributed by atoms with Crippen LogP contribution in [0.15, 0.2) is 30.3 Å². The van der Waals surface area contributed by atoms with E-state index in [1.807, 2.05) is 6.07 Å². The summed E-state index contributed by atoms with van der Waals surface area (Å²) in [6, 6.07) is 8.68. The third-order valence-electron chi connectivity index (χ3n) is 12.5. The highest BCUT2D eigenvalue weighted by Gasteiger charge is 2.89. The number of hydrogen-bond acceptors (Lipinski definition) is 8. The number of aliphatic hydroxyl groups is 3. The second-order valence-electron chi connectivity index (χ2n) is 13.8. The molecule has 3 N–H and O–H groups in total. The maximum absolute atomic E-state index is 12.9. The van der Waals surface area contributed by atoms with Crippen molar-refractivity contribution in [1.29, 1.82) is 0 Å². The van der Waals surface area contributed by atoms with E-state index >= 15 is 0 Å². The van der Waals surface area contributed by atoms with Gasteiger partial charge in [-0.1, -0.05) is 32.0 Å². The van der Waals surface area contributed by atoms with E-state index in [0.717, 1.165) is 25.9 Å². The summed E-state index contributed by atoms with van der Waals surface area (Å²) < 4.78 is 11.8. The summed E-state index contributed by atoms with van der Waals surface area (Å²) in [5, 5.41) is 36.5. The van der Waals surface area contributed by atoms with Crippen molar-refractivity contribution in [3.63, 3.8) is 0 Å². The van der Waals surface area contributed by atoms with Crippen molar-refractivity contribution in [1.82, 2.24) is 4.90 Å². The fourth-order valence-corrected chi connectivity index (χ4v) is 11.7. The Morgan fingerprint density at radius 3 is 2.54 bits per heavy atom. The zero-order chi connectivity index (χ0) is 27.5. The zero-order valence-electron chi connectivity index (χ0n) is 23.1. The van der Waals surface area contributed by atoms with E-state index in [2.05, 4.69) is 18.7 Å². The second kappa shape index (κ2) is 8.28. The number of carbonyl (C=O) groups is 2. The SMILES string of the molecule is CCN1CC2(C)CC[C@H](O)[C@]34C1C(CC23)[C@@]12CCC(C(O)[C@H]14)C(O)(COC(=O)c1ccccc1)C2OC(C)=O. The summed E-state index contributed by atoms with van der Waals surface area (Å²) in [7, 11) is 0. The standard InChI is InChI=1S/C31H41NO7/c1-4-32-15-28(3)12-11-22(34)31-21(28)14-20(25(31)32)29-13-10-19(23(35)24(29)31)30(37,27(29)39-17(2)33)16-38-26(36)18-8-6-5-7-9-18/h5-9,19-25,27,34-35,37H,4,10-16H2,1-3H3/t19?,20?,21?,22-,23?,24+,25?,27?,28?,29-,30?,31+/m0/s1. The molecule has 7 aliphatic rings. The van der Waals surface area contributed by atoms with Gasteiger partial charge in [0.1, 0.15) is 18.3 Å². The minimum atomic E-state index is -1.72. The highest BCUT2D eigenvalue weighted by atomic mass is 16.6. The van der Waals surface area contributed by atoms with Crippen LogP contribution in [0.5, 0.6) is 0 Å². The van der Waals surface area contributed by atoms with Gasteiger partial charge in [-0.05, 0) is 68.0 Å². The van der Waals surface area contributed by atoms with Crippen LogP contribution >= 0.6 is 0 Å². The molecule has 0 aromatic heterocycles. The van der Waals surface area contributed by atoms with Crippen LogP contribution in [0.1, 0.15) is 63.2 Å². The molecule has 7 fully saturated rings. The van der Waals surface area contributed by atoms with Gasteiger partial charge in [-0.15, -0.1) is 0 Å². The predicted octanol–water partition coefficient (Wildman–Crippen LogP) is 2.39. The first kappa shape index (κ1) is 25.9. The van der Waals surface area contributed by atoms with Gasteiger partial charge in [-0.3, -0.25) is 9.69 Å². The highest BCUT2D eigenvalue weighted by molar-refractivity contribution is 5.89. The van der Waals surface area contributed by atoms with Crippen molar-refractivity contribution < 1.29 is 34.4 Å². The molecule has 6 aliphatic carbocycles. The number of ether oxygens (including phenoxy) is 2. The fraction of sp³-hybridized carbons (Fsp3) is 0.742. The van der Waals surface area contributed by atoms with Gasteiger partial charge in [0.15, 0.2) is 0 Å². The van der Waals surface area contributed by atoms with Crippen LogP contribution in [0.3, 0.4) is 0 Å². The van der Waals surface area contributed by atoms with Gasteiger partial charge in [-0.2, -0.15) is 0 Å². The smallest absolute Gasteiger partial charge is 0.338 e. The Kier molecular flexibility index (Phi) is 5.50. The molecule has 212 valence electrons. The van der Waals surface area contributed by atoms with Crippen LogP contribution < -0.4 is 0 Å². The normalized spacial score (nSPS) is 50.9. The third kappa shape index (κ3) is 2.94. The molecule has 8 unspecified atom stereocenters. The van der Waals surface area contributed by atoms with E-state index in [1.54, 1.807) is 24.3 Å². The number of likely N-dealkylation sites (tertiary alicyclic amines) is 1. The molecule has 8 heteroatoms. The van der Waals surface area contributed by atoms with Crippen molar-refractivity contribution >= 4 is 11.9 Å². The lowest BCUT2D eigenvalue weighted by Gasteiger charge is -2.71. The molecule has 8 nitrogen and oxygen atoms in total. The first-order chi connectivity index (χ1) is 18.6. The molecule has 1 aromatic rings. The predicted molar refractivity (Wildman–Crippen MR) is 140 cm³/mol. The number of esters is 2. The van der Waals surface area contributed by atoms with E-state index in [9.17, 15) is 24.9 Å². The summed E-state index contributed by atoms with van der Waals surface area (Å²) in [4.78, 5) is 28.0. The molecule has 2 spiro atoms. The van der Waals surface area contributed by atoms with Crippen LogP contribution in [-0.4, -0.2) is 81.8 Å². The third-order valence-corrected chi connectivity index (χ3v) is 12.5. The summed E-state index contributed by atoms with van der Waals surface area (Å²) in [5.41, 5.74) is -2.51. The lowest BCUT2D eigenvalue weighted by molar-refractivity contribution is -0.331. The number of benzene rings is 1. The number of carbonyl (C=O) groups excluding carboxylic acids is 2. The van der Waals surface area contributed by atoms with Crippen LogP contribution in [0, 0.1) is 39.9 Å². The van der Waals surface area contributed by atoms with Crippen molar-refractivity contribution in [2.75, 3.05) is 19.7 Å². The van der Waals surface area contributed by atoms with Crippen LogP contribution in [-0.2, 0) is 14.3 Å². The molecule has 1 saturated heterocycles. The largest absolute Gasteiger partial charge is 0.459 e. The maximum atomic E-state index is 12.9. The Bertz CT molecular complexity index is 1190. The first-order valence-corrected chi connectivity index (χ1v) is 14.8. The summed E-state index contributed by atoms with van der Waals surface area (Å²) in [6.07, 6.45) is 1.44. The first-order valence-electron chi connectivity index (χ1n) is 14.8. The van der Waals surface area contributed by atoms with Crippen molar-refractivity contribution in [2.45, 2.75) is 82.8 Å². The molecular weight excluding hydrogens is 498 g/mol. The quantitative estimate of drug-likeness (QED) is 0.489. The van der Waals surface area contributed by atoms with Crippen molar-refractivity contribution in [3.8, 4) is 0 Å². The second-order valence-corrected chi connectivity index (χ2v) is 13.8. The van der Waals surface area contributed by atoms with E-state index in [1.165, 1.54) is 6.92 Å². The monoisotopic (exact) mass is 539 g/mol. The van der Waals surface area contributed by atoms with Gasteiger partial charge in [-0.25, -0.2) is 4.79 Å². The number of rotatable bonds is 5. The van der Waals surface area contributed by atoms with E-state index in [0.29, 0.717) is 24.8 Å². The minimum absolute atomic E-state index is 0.0525. The van der Waals surface area contributed by atoms with Gasteiger partial charge in [0, 0.05) is 42.2 Å². The Morgan fingerprint density at radius 1 is 1.10 bits per heavy atom. The fourth-order valence-electron chi connectivity index (χ4n) is 11.7. The maximum Gasteiger partial charge on any atom is 0.338 e. The Labute approximate surface area is 229 Å². The summed E-state index contributed by atoms with van der Waals surface area (Å²) in [6.45, 7) is 7.32. The van der Waals surface area contributed by atoms with Gasteiger partial charge >= 0.3 is 11.9 Å². The van der Waals surface area contributed by atoms with Gasteiger partial charge in [0.25, 0.3) is 0 Å². The molecule has 12 atom stereocenters. The van der Waals surface area contributed by atoms with Crippen LogP contribution in [0.4, 0.5) is 0 Å². The lowest BCUT2D eigenvalue weighted by Crippen LogP contribution is -2.78. The van der Waals surface area contributed by atoms with Crippen LogP contribution in [0.2, 0.25) is 0 Å². The molecule has 1 heterocycles. The summed E-state index contributed by atoms with van der Waals surface area (Å²) in [5.74, 6) is -1.66. The molecule has 1 aliphatic heterocycles.